The topological polar surface area (TPSA) is 398 Å². The van der Waals surface area contributed by atoms with Crippen LogP contribution in [0.3, 0.4) is 0 Å². The van der Waals surface area contributed by atoms with E-state index in [0.29, 0.717) is 152 Å². The summed E-state index contributed by atoms with van der Waals surface area (Å²) in [4.78, 5) is 73.5. The normalized spacial score (nSPS) is 12.4. The number of carbonyl (C=O) groups excluding carboxylic acids is 6. The molecule has 31 heteroatoms. The van der Waals surface area contributed by atoms with Gasteiger partial charge in [0.15, 0.2) is 15.9 Å². The number of amides is 6. The van der Waals surface area contributed by atoms with Gasteiger partial charge >= 0.3 is 12.2 Å². The van der Waals surface area contributed by atoms with Gasteiger partial charge in [-0.15, -0.1) is 0 Å². The zero-order chi connectivity index (χ0) is 72.4. The van der Waals surface area contributed by atoms with E-state index in [1.54, 1.807) is 0 Å². The molecule has 0 aliphatic rings. The molecule has 0 aromatic rings. The molecule has 584 valence electrons. The highest BCUT2D eigenvalue weighted by atomic mass is 32.2. The maximum Gasteiger partial charge on any atom is 0.407 e. The first kappa shape index (κ1) is 94.8. The van der Waals surface area contributed by atoms with Crippen LogP contribution in [-0.2, 0) is 95.3 Å². The molecule has 0 aromatic carbocycles. The largest absolute Gasteiger partial charge is 0.446 e. The Morgan fingerprint density at radius 1 is 0.384 bits per heavy atom. The summed E-state index contributed by atoms with van der Waals surface area (Å²) in [6.07, 6.45) is 25.0. The van der Waals surface area contributed by atoms with Crippen molar-refractivity contribution in [2.24, 2.45) is 11.5 Å². The lowest BCUT2D eigenvalue weighted by Gasteiger charge is -2.21. The Balaban J connectivity index is 4.18. The molecule has 99 heavy (non-hydrogen) atoms. The number of primary amides is 1. The van der Waals surface area contributed by atoms with E-state index in [9.17, 15) is 42.3 Å². The smallest absolute Gasteiger partial charge is 0.407 e. The van der Waals surface area contributed by atoms with Gasteiger partial charge in [-0.1, -0.05) is 155 Å². The van der Waals surface area contributed by atoms with Crippen molar-refractivity contribution in [3.05, 3.63) is 0 Å². The van der Waals surface area contributed by atoms with Gasteiger partial charge in [0.1, 0.15) is 12.6 Å². The second-order valence-corrected chi connectivity index (χ2v) is 26.0. The lowest BCUT2D eigenvalue weighted by atomic mass is 10.1. The quantitative estimate of drug-likeness (QED) is 0.0381. The van der Waals surface area contributed by atoms with E-state index in [1.165, 1.54) is 103 Å². The first-order valence-electron chi connectivity index (χ1n) is 36.7. The van der Waals surface area contributed by atoms with Crippen LogP contribution in [0.15, 0.2) is 0 Å². The van der Waals surface area contributed by atoms with Crippen LogP contribution in [0.4, 0.5) is 9.59 Å². The molecule has 0 heterocycles. The zero-order valence-corrected chi connectivity index (χ0v) is 61.3. The maximum atomic E-state index is 13.4. The molecule has 10 N–H and O–H groups in total. The Kier molecular flexibility index (Phi) is 70.4. The number of rotatable bonds is 78. The molecule has 0 aromatic heterocycles. The van der Waals surface area contributed by atoms with Crippen LogP contribution in [0.5, 0.6) is 0 Å². The molecule has 0 aliphatic heterocycles. The molecule has 30 nitrogen and oxygen atoms in total. The number of aliphatic hydroxyl groups is 1. The van der Waals surface area contributed by atoms with Crippen molar-refractivity contribution < 1.29 is 109 Å². The lowest BCUT2D eigenvalue weighted by molar-refractivity contribution is -0.130. The Morgan fingerprint density at radius 3 is 1.05 bits per heavy atom. The number of aliphatic hydroxyl groups excluding tert-OH is 1. The second kappa shape index (κ2) is 73.6. The van der Waals surface area contributed by atoms with Crippen LogP contribution in [-0.4, -0.2) is 277 Å². The number of ether oxygens (including phenoxy) is 14. The van der Waals surface area contributed by atoms with E-state index in [1.807, 2.05) is 0 Å². The van der Waals surface area contributed by atoms with E-state index >= 15 is 0 Å². The van der Waals surface area contributed by atoms with E-state index in [-0.39, 0.29) is 51.8 Å². The predicted octanol–water partition coefficient (Wildman–Crippen LogP) is 4.74. The predicted molar refractivity (Wildman–Crippen MR) is 375 cm³/mol. The fraction of sp³-hybridized carbons (Fsp3) is 0.912. The highest BCUT2D eigenvalue weighted by Gasteiger charge is 2.30. The van der Waals surface area contributed by atoms with Crippen molar-refractivity contribution in [1.29, 1.82) is 0 Å². The SMILES string of the molecule is CCCCCCCCCCCCCCNC(=O)OC[C@H](CS(=O)(=O)C[C@H](N)C(=O)N[C@@H](CO)C(=O)NCCOCCOCCOCCOCCOCCOCCOCCOCCOCCOCCOCCOCCC(=O)NCC(N)=O)OC(=O)NCCCCCCCCCCCCCC. The van der Waals surface area contributed by atoms with Crippen LogP contribution in [0.1, 0.15) is 174 Å². The summed E-state index contributed by atoms with van der Waals surface area (Å²) in [6, 6.07) is -3.11. The Morgan fingerprint density at radius 2 is 0.707 bits per heavy atom. The van der Waals surface area contributed by atoms with Crippen molar-refractivity contribution in [3.63, 3.8) is 0 Å². The van der Waals surface area contributed by atoms with Gasteiger partial charge in [-0.25, -0.2) is 18.0 Å². The number of nitrogens with two attached hydrogens (primary N) is 2. The minimum absolute atomic E-state index is 0.0320. The molecule has 0 saturated carbocycles. The number of unbranched alkanes of at least 4 members (excludes halogenated alkanes) is 22. The maximum absolute atomic E-state index is 13.4. The van der Waals surface area contributed by atoms with E-state index in [2.05, 4.69) is 40.4 Å². The third kappa shape index (κ3) is 70.6. The molecule has 3 atom stereocenters. The van der Waals surface area contributed by atoms with Gasteiger partial charge in [0.25, 0.3) is 0 Å². The summed E-state index contributed by atoms with van der Waals surface area (Å²) in [6.45, 7) is 12.5. The van der Waals surface area contributed by atoms with E-state index in [4.69, 9.17) is 77.8 Å². The fourth-order valence-electron chi connectivity index (χ4n) is 9.34. The van der Waals surface area contributed by atoms with Gasteiger partial charge < -0.3 is 109 Å². The first-order chi connectivity index (χ1) is 48.2. The molecule has 0 radical (unpaired) electrons. The fourth-order valence-corrected chi connectivity index (χ4v) is 10.9. The third-order valence-electron chi connectivity index (χ3n) is 14.9. The molecule has 6 amide bonds. The van der Waals surface area contributed by atoms with Crippen LogP contribution in [0.2, 0.25) is 0 Å². The summed E-state index contributed by atoms with van der Waals surface area (Å²) in [5, 5.41) is 22.5. The summed E-state index contributed by atoms with van der Waals surface area (Å²) in [5.41, 5.74) is 11.0. The Bertz CT molecular complexity index is 2000. The van der Waals surface area contributed by atoms with Crippen molar-refractivity contribution in [2.45, 2.75) is 193 Å². The van der Waals surface area contributed by atoms with Crippen molar-refractivity contribution in [2.75, 3.05) is 209 Å². The van der Waals surface area contributed by atoms with E-state index < -0.39 is 82.7 Å². The average molecular weight is 1450 g/mol. The van der Waals surface area contributed by atoms with Gasteiger partial charge in [-0.05, 0) is 12.8 Å². The van der Waals surface area contributed by atoms with Crippen LogP contribution < -0.4 is 38.1 Å². The van der Waals surface area contributed by atoms with Crippen molar-refractivity contribution in [3.8, 4) is 0 Å². The summed E-state index contributed by atoms with van der Waals surface area (Å²) in [5.74, 6) is -4.38. The van der Waals surface area contributed by atoms with Gasteiger partial charge in [0, 0.05) is 26.1 Å². The molecule has 0 spiro atoms. The lowest BCUT2D eigenvalue weighted by Crippen LogP contribution is -2.55. The summed E-state index contributed by atoms with van der Waals surface area (Å²) in [7, 11) is -4.25. The van der Waals surface area contributed by atoms with E-state index in [0.717, 1.165) is 44.9 Å². The molecular formula is C68H133N7O23S. The molecular weight excluding hydrogens is 1310 g/mol. The van der Waals surface area contributed by atoms with Gasteiger partial charge in [0.2, 0.25) is 23.6 Å². The Labute approximate surface area is 592 Å². The zero-order valence-electron chi connectivity index (χ0n) is 60.5. The molecule has 0 rings (SSSR count). The third-order valence-corrected chi connectivity index (χ3v) is 16.6. The molecule has 0 bridgehead atoms. The van der Waals surface area contributed by atoms with Crippen LogP contribution >= 0.6 is 0 Å². The monoisotopic (exact) mass is 1450 g/mol. The molecule has 0 fully saturated rings. The van der Waals surface area contributed by atoms with Gasteiger partial charge in [0.05, 0.1) is 189 Å². The van der Waals surface area contributed by atoms with Gasteiger partial charge in [-0.2, -0.15) is 0 Å². The number of carbonyl (C=O) groups is 6. The highest BCUT2D eigenvalue weighted by Crippen LogP contribution is 2.14. The second-order valence-electron chi connectivity index (χ2n) is 23.8. The minimum atomic E-state index is -4.25. The highest BCUT2D eigenvalue weighted by molar-refractivity contribution is 7.91. The first-order valence-corrected chi connectivity index (χ1v) is 38.5. The van der Waals surface area contributed by atoms with Crippen LogP contribution in [0.25, 0.3) is 0 Å². The molecule has 0 saturated heterocycles. The summed E-state index contributed by atoms with van der Waals surface area (Å²) < 4.78 is 103. The number of sulfone groups is 1. The van der Waals surface area contributed by atoms with Crippen molar-refractivity contribution >= 4 is 45.7 Å². The molecule has 0 unspecified atom stereocenters. The van der Waals surface area contributed by atoms with Crippen molar-refractivity contribution in [1.82, 2.24) is 26.6 Å². The standard InChI is InChI=1S/C68H133N7O23S/c1-3-5-7-9-11-13-15-17-19-21-23-25-28-72-67(81)97-57-60(98-68(82)73-29-26-24-22-20-18-16-14-12-10-8-6-4-2)58-99(83,84)59-61(69)65(79)75-62(56-76)66(80)71-30-32-86-34-36-88-38-40-90-42-44-92-46-48-94-50-52-96-54-53-95-51-49-93-47-45-91-43-41-89-39-37-87-35-33-85-31-27-64(78)74-55-63(70)77/h60-62,76H,3-59,69H2,1-2H3,(H2,70,77)(H,71,80)(H,72,81)(H,73,82)(H,74,78)(H,75,79)/t60-,61+,62+/m1/s1. The van der Waals surface area contributed by atoms with Crippen LogP contribution in [0, 0.1) is 0 Å². The van der Waals surface area contributed by atoms with Gasteiger partial charge in [-0.3, -0.25) is 19.2 Å². The minimum Gasteiger partial charge on any atom is -0.446 e. The summed E-state index contributed by atoms with van der Waals surface area (Å²) >= 11 is 0. The number of nitrogens with one attached hydrogen (secondary N) is 5. The number of alkyl carbamates (subject to hydrolysis) is 2. The number of hydrogen-bond acceptors (Lipinski definition) is 24. The number of hydrogen-bond donors (Lipinski definition) is 8. The Hall–Kier alpha value is -4.19. The average Bonchev–Trinajstić information content (AvgIpc) is 0.920. The molecule has 0 aliphatic carbocycles.